The van der Waals surface area contributed by atoms with E-state index in [1.54, 1.807) is 6.92 Å². The van der Waals surface area contributed by atoms with Crippen LogP contribution in [0.2, 0.25) is 0 Å². The second kappa shape index (κ2) is 19.9. The lowest BCUT2D eigenvalue weighted by atomic mass is 9.84. The van der Waals surface area contributed by atoms with E-state index < -0.39 is 0 Å². The van der Waals surface area contributed by atoms with Crippen LogP contribution in [0.1, 0.15) is 131 Å². The van der Waals surface area contributed by atoms with Crippen molar-refractivity contribution in [1.29, 1.82) is 0 Å². The molecule has 40 heavy (non-hydrogen) atoms. The number of Topliss-reactive ketones (excluding diaryl/α,β-unsaturated/α-hetero) is 1. The number of carbonyl (C=O) groups excluding carboxylic acids is 2. The molecule has 0 aromatic heterocycles. The molecule has 2 atom stereocenters. The Morgan fingerprint density at radius 1 is 0.975 bits per heavy atom. The average Bonchev–Trinajstić information content (AvgIpc) is 3.58. The summed E-state index contributed by atoms with van der Waals surface area (Å²) in [5.74, 6) is 2.74. The molecule has 2 aliphatic heterocycles. The number of likely N-dealkylation sites (tertiary alicyclic amines) is 1. The quantitative estimate of drug-likeness (QED) is 0.160. The van der Waals surface area contributed by atoms with Gasteiger partial charge in [-0.1, -0.05) is 86.6 Å². The van der Waals surface area contributed by atoms with Crippen LogP contribution in [0.5, 0.6) is 11.5 Å². The zero-order valence-electron chi connectivity index (χ0n) is 27.1. The summed E-state index contributed by atoms with van der Waals surface area (Å²) in [6.45, 7) is 21.2. The van der Waals surface area contributed by atoms with Gasteiger partial charge in [0.1, 0.15) is 5.78 Å². The third-order valence-electron chi connectivity index (χ3n) is 8.25. The Bertz CT molecular complexity index is 841. The van der Waals surface area contributed by atoms with E-state index in [9.17, 15) is 9.59 Å². The molecule has 2 unspecified atom stereocenters. The predicted molar refractivity (Wildman–Crippen MR) is 167 cm³/mol. The van der Waals surface area contributed by atoms with Crippen molar-refractivity contribution in [2.45, 2.75) is 132 Å². The molecule has 0 N–H and O–H groups in total. The standard InChI is InChI=1S/C16H23NO2.C10H21NO.C8H16O/c1-3-5-14-8-13(10-17(14)4-2)12-6-7-15-16(9-12)19-11-18-15;1-3-5-7-9-11(10-12)8-6-4-2;1-5-6-8(3,4)7(2)9/h6-7,9,13-14H,3-5,8,10-11H2,1-2H3;10H,3-9H2,1-2H3;5-6H2,1-4H3. The molecule has 1 fully saturated rings. The van der Waals surface area contributed by atoms with E-state index in [0.29, 0.717) is 18.5 Å². The molecule has 0 saturated carbocycles. The molecule has 1 amide bonds. The zero-order chi connectivity index (χ0) is 30.0. The molecule has 6 nitrogen and oxygen atoms in total. The fourth-order valence-electron chi connectivity index (χ4n) is 5.36. The number of hydrogen-bond donors (Lipinski definition) is 0. The second-order valence-corrected chi connectivity index (χ2v) is 12.0. The van der Waals surface area contributed by atoms with E-state index in [4.69, 9.17) is 9.47 Å². The molecule has 0 bridgehead atoms. The molecule has 1 saturated heterocycles. The van der Waals surface area contributed by atoms with Crippen molar-refractivity contribution in [2.24, 2.45) is 5.41 Å². The molecule has 2 heterocycles. The van der Waals surface area contributed by atoms with Crippen LogP contribution < -0.4 is 9.47 Å². The molecule has 1 aromatic carbocycles. The van der Waals surface area contributed by atoms with E-state index in [1.807, 2.05) is 18.7 Å². The van der Waals surface area contributed by atoms with Gasteiger partial charge in [0.05, 0.1) is 0 Å². The van der Waals surface area contributed by atoms with Crippen LogP contribution in [0.25, 0.3) is 0 Å². The Labute approximate surface area is 246 Å². The number of hydrogen-bond acceptors (Lipinski definition) is 5. The summed E-state index contributed by atoms with van der Waals surface area (Å²) in [6.07, 6.45) is 12.8. The van der Waals surface area contributed by atoms with E-state index in [-0.39, 0.29) is 5.41 Å². The van der Waals surface area contributed by atoms with Crippen molar-refractivity contribution >= 4 is 12.2 Å². The number of rotatable bonds is 15. The molecular formula is C34H60N2O4. The topological polar surface area (TPSA) is 59.1 Å². The highest BCUT2D eigenvalue weighted by Gasteiger charge is 2.32. The lowest BCUT2D eigenvalue weighted by Crippen LogP contribution is -2.28. The summed E-state index contributed by atoms with van der Waals surface area (Å²) in [5, 5.41) is 0. The molecule has 1 aromatic rings. The SMILES string of the molecule is CCCC(C)(C)C(C)=O.CCCC1CC(c2ccc3c(c2)OCO3)CN1CC.CCCCCN(C=O)CCCC. The highest BCUT2D eigenvalue weighted by atomic mass is 16.7. The number of ether oxygens (including phenoxy) is 2. The smallest absolute Gasteiger partial charge is 0.231 e. The van der Waals surface area contributed by atoms with Gasteiger partial charge in [0.2, 0.25) is 13.2 Å². The minimum atomic E-state index is -0.0885. The van der Waals surface area contributed by atoms with Crippen LogP contribution in [0, 0.1) is 5.41 Å². The molecule has 0 radical (unpaired) electrons. The fourth-order valence-corrected chi connectivity index (χ4v) is 5.36. The van der Waals surface area contributed by atoms with Gasteiger partial charge in [-0.3, -0.25) is 9.59 Å². The van der Waals surface area contributed by atoms with Gasteiger partial charge in [-0.25, -0.2) is 0 Å². The Hall–Kier alpha value is -2.08. The normalized spacial score (nSPS) is 17.9. The van der Waals surface area contributed by atoms with Crippen LogP contribution >= 0.6 is 0 Å². The molecule has 0 aliphatic carbocycles. The molecule has 0 spiro atoms. The third-order valence-corrected chi connectivity index (χ3v) is 8.25. The van der Waals surface area contributed by atoms with Crippen molar-refractivity contribution in [2.75, 3.05) is 33.0 Å². The number of amides is 1. The summed E-state index contributed by atoms with van der Waals surface area (Å²) >= 11 is 0. The first-order valence-electron chi connectivity index (χ1n) is 16.0. The highest BCUT2D eigenvalue weighted by molar-refractivity contribution is 5.81. The first-order chi connectivity index (χ1) is 19.2. The fraction of sp³-hybridized carbons (Fsp3) is 0.765. The number of benzene rings is 1. The van der Waals surface area contributed by atoms with Crippen molar-refractivity contribution in [1.82, 2.24) is 9.80 Å². The van der Waals surface area contributed by atoms with E-state index in [1.165, 1.54) is 44.2 Å². The number of fused-ring (bicyclic) bond motifs is 1. The van der Waals surface area contributed by atoms with E-state index >= 15 is 0 Å². The summed E-state index contributed by atoms with van der Waals surface area (Å²) < 4.78 is 10.9. The molecule has 3 rings (SSSR count). The molecular weight excluding hydrogens is 500 g/mol. The Balaban J connectivity index is 0.000000330. The zero-order valence-corrected chi connectivity index (χ0v) is 27.1. The Morgan fingerprint density at radius 2 is 1.65 bits per heavy atom. The lowest BCUT2D eigenvalue weighted by Gasteiger charge is -2.21. The molecule has 2 aliphatic rings. The molecule has 230 valence electrons. The third kappa shape index (κ3) is 12.6. The van der Waals surface area contributed by atoms with Gasteiger partial charge in [-0.15, -0.1) is 0 Å². The number of unbranched alkanes of at least 4 members (excludes halogenated alkanes) is 3. The number of nitrogens with zero attached hydrogens (tertiary/aromatic N) is 2. The van der Waals surface area contributed by atoms with Crippen molar-refractivity contribution < 1.29 is 19.1 Å². The first kappa shape index (κ1) is 35.9. The maximum atomic E-state index is 10.9. The number of ketones is 1. The molecule has 6 heteroatoms. The maximum Gasteiger partial charge on any atom is 0.231 e. The maximum absolute atomic E-state index is 10.9. The van der Waals surface area contributed by atoms with Gasteiger partial charge in [-0.2, -0.15) is 0 Å². The number of carbonyl (C=O) groups is 2. The minimum absolute atomic E-state index is 0.0885. The monoisotopic (exact) mass is 560 g/mol. The Morgan fingerprint density at radius 3 is 2.20 bits per heavy atom. The van der Waals surface area contributed by atoms with Crippen molar-refractivity contribution in [3.63, 3.8) is 0 Å². The van der Waals surface area contributed by atoms with Crippen LogP contribution in [0.3, 0.4) is 0 Å². The summed E-state index contributed by atoms with van der Waals surface area (Å²) in [7, 11) is 0. The van der Waals surface area contributed by atoms with Crippen LogP contribution in [-0.2, 0) is 9.59 Å². The van der Waals surface area contributed by atoms with Crippen molar-refractivity contribution in [3.8, 4) is 11.5 Å². The van der Waals surface area contributed by atoms with Gasteiger partial charge < -0.3 is 19.3 Å². The summed E-state index contributed by atoms with van der Waals surface area (Å²) in [5.41, 5.74) is 1.32. The summed E-state index contributed by atoms with van der Waals surface area (Å²) in [4.78, 5) is 25.9. The summed E-state index contributed by atoms with van der Waals surface area (Å²) in [6, 6.07) is 7.20. The van der Waals surface area contributed by atoms with Gasteiger partial charge in [0, 0.05) is 31.1 Å². The van der Waals surface area contributed by atoms with Gasteiger partial charge >= 0.3 is 0 Å². The predicted octanol–water partition coefficient (Wildman–Crippen LogP) is 8.23. The lowest BCUT2D eigenvalue weighted by molar-refractivity contribution is -0.125. The van der Waals surface area contributed by atoms with E-state index in [0.717, 1.165) is 75.7 Å². The average molecular weight is 561 g/mol. The van der Waals surface area contributed by atoms with E-state index in [2.05, 4.69) is 57.7 Å². The van der Waals surface area contributed by atoms with Crippen LogP contribution in [0.4, 0.5) is 0 Å². The number of likely N-dealkylation sites (N-methyl/N-ethyl adjacent to an activating group) is 1. The largest absolute Gasteiger partial charge is 0.454 e. The minimum Gasteiger partial charge on any atom is -0.454 e. The van der Waals surface area contributed by atoms with Crippen LogP contribution in [-0.4, -0.2) is 61.0 Å². The van der Waals surface area contributed by atoms with Gasteiger partial charge in [0.15, 0.2) is 11.5 Å². The Kier molecular flexibility index (Phi) is 17.9. The second-order valence-electron chi connectivity index (χ2n) is 12.0. The van der Waals surface area contributed by atoms with Crippen LogP contribution in [0.15, 0.2) is 18.2 Å². The first-order valence-corrected chi connectivity index (χ1v) is 16.0. The van der Waals surface area contributed by atoms with Gasteiger partial charge in [-0.05, 0) is 69.2 Å². The van der Waals surface area contributed by atoms with Crippen molar-refractivity contribution in [3.05, 3.63) is 23.8 Å². The highest BCUT2D eigenvalue weighted by Crippen LogP contribution is 2.39. The van der Waals surface area contributed by atoms with Gasteiger partial charge in [0.25, 0.3) is 0 Å².